The molecule has 1 saturated heterocycles. The number of aromatic nitrogens is 1. The molecule has 162 valence electrons. The topological polar surface area (TPSA) is 91.6 Å². The minimum Gasteiger partial charge on any atom is -0.396 e. The lowest BCUT2D eigenvalue weighted by Gasteiger charge is -2.33. The summed E-state index contributed by atoms with van der Waals surface area (Å²) in [7, 11) is 0. The molecule has 0 spiro atoms. The van der Waals surface area contributed by atoms with Gasteiger partial charge < -0.3 is 19.9 Å². The first kappa shape index (κ1) is 20.0. The average molecular weight is 421 g/mol. The lowest BCUT2D eigenvalue weighted by Crippen LogP contribution is -2.53. The standard InChI is InChI=1S/C24H27N3O4/c1-14(29)27-21-18(19(13-28)22(27)23(30)25-16-8-5-9-16)12-26-20(21)11-10-17(24(26)31)15-6-3-2-4-7-15/h2-4,6-7,10-11,16,18-19,21-22,28H,5,8-9,12-13H2,1H3,(H,25,30)/t18-,19-,21+,22-/m0/s1. The van der Waals surface area contributed by atoms with Crippen LogP contribution in [-0.4, -0.2) is 45.1 Å². The summed E-state index contributed by atoms with van der Waals surface area (Å²) in [5.74, 6) is -0.992. The summed E-state index contributed by atoms with van der Waals surface area (Å²) in [5.41, 5.74) is 2.09. The molecule has 0 radical (unpaired) electrons. The fraction of sp³-hybridized carbons (Fsp3) is 0.458. The van der Waals surface area contributed by atoms with Gasteiger partial charge in [-0.15, -0.1) is 0 Å². The average Bonchev–Trinajstić information content (AvgIpc) is 3.26. The Kier molecular flexibility index (Phi) is 4.93. The van der Waals surface area contributed by atoms with Gasteiger partial charge in [-0.1, -0.05) is 30.3 Å². The first-order valence-electron chi connectivity index (χ1n) is 11.0. The molecule has 4 atom stereocenters. The Bertz CT molecular complexity index is 1080. The van der Waals surface area contributed by atoms with E-state index < -0.39 is 12.0 Å². The Hall–Kier alpha value is -2.93. The van der Waals surface area contributed by atoms with Crippen LogP contribution in [0.3, 0.4) is 0 Å². The van der Waals surface area contributed by atoms with Crippen molar-refractivity contribution in [1.29, 1.82) is 0 Å². The SMILES string of the molecule is CC(=O)N1[C@H](C(=O)NC2CCC2)[C@@H](CO)[C@@H]2Cn3c(ccc(-c4ccccc4)c3=O)[C@@H]21. The third-order valence-electron chi connectivity index (χ3n) is 7.24. The summed E-state index contributed by atoms with van der Waals surface area (Å²) in [5, 5.41) is 13.3. The summed E-state index contributed by atoms with van der Waals surface area (Å²) in [4.78, 5) is 40.7. The number of hydrogen-bond donors (Lipinski definition) is 2. The number of rotatable bonds is 4. The maximum atomic E-state index is 13.3. The van der Waals surface area contributed by atoms with Crippen LogP contribution in [0.25, 0.3) is 11.1 Å². The van der Waals surface area contributed by atoms with E-state index in [9.17, 15) is 19.5 Å². The van der Waals surface area contributed by atoms with Crippen LogP contribution in [0.2, 0.25) is 0 Å². The molecule has 7 nitrogen and oxygen atoms in total. The van der Waals surface area contributed by atoms with Gasteiger partial charge in [0, 0.05) is 49.2 Å². The number of carbonyl (C=O) groups is 2. The molecule has 2 fully saturated rings. The molecule has 0 bridgehead atoms. The number of aliphatic hydroxyl groups is 1. The molecular formula is C24H27N3O4. The van der Waals surface area contributed by atoms with E-state index in [1.807, 2.05) is 36.4 Å². The van der Waals surface area contributed by atoms with Crippen molar-refractivity contribution in [2.24, 2.45) is 11.8 Å². The van der Waals surface area contributed by atoms with Gasteiger partial charge in [0.05, 0.1) is 6.04 Å². The van der Waals surface area contributed by atoms with Gasteiger partial charge in [0.25, 0.3) is 5.56 Å². The molecule has 1 aromatic carbocycles. The Morgan fingerprint density at radius 2 is 1.87 bits per heavy atom. The van der Waals surface area contributed by atoms with Crippen LogP contribution < -0.4 is 10.9 Å². The molecule has 2 N–H and O–H groups in total. The lowest BCUT2D eigenvalue weighted by molar-refractivity contribution is -0.140. The highest BCUT2D eigenvalue weighted by Gasteiger charge is 2.56. The van der Waals surface area contributed by atoms with Crippen molar-refractivity contribution in [2.45, 2.75) is 50.9 Å². The van der Waals surface area contributed by atoms with Gasteiger partial charge in [0.2, 0.25) is 11.8 Å². The number of amides is 2. The van der Waals surface area contributed by atoms with Crippen LogP contribution in [-0.2, 0) is 16.1 Å². The Morgan fingerprint density at radius 3 is 2.48 bits per heavy atom. The Morgan fingerprint density at radius 1 is 1.13 bits per heavy atom. The van der Waals surface area contributed by atoms with E-state index in [0.29, 0.717) is 12.1 Å². The van der Waals surface area contributed by atoms with Crippen LogP contribution >= 0.6 is 0 Å². The number of fused-ring (bicyclic) bond motifs is 3. The normalized spacial score (nSPS) is 26.8. The number of hydrogen-bond acceptors (Lipinski definition) is 4. The van der Waals surface area contributed by atoms with E-state index in [1.165, 1.54) is 6.92 Å². The zero-order chi connectivity index (χ0) is 21.7. The molecule has 1 aromatic heterocycles. The Labute approximate surface area is 180 Å². The van der Waals surface area contributed by atoms with E-state index in [1.54, 1.807) is 15.5 Å². The summed E-state index contributed by atoms with van der Waals surface area (Å²) in [6.45, 7) is 1.64. The minimum absolute atomic E-state index is 0.103. The molecule has 0 unspecified atom stereocenters. The molecule has 5 rings (SSSR count). The number of likely N-dealkylation sites (tertiary alicyclic amines) is 1. The van der Waals surface area contributed by atoms with Crippen LogP contribution in [0, 0.1) is 11.8 Å². The zero-order valence-electron chi connectivity index (χ0n) is 17.5. The van der Waals surface area contributed by atoms with E-state index in [0.717, 1.165) is 30.5 Å². The summed E-state index contributed by atoms with van der Waals surface area (Å²) in [6.07, 6.45) is 3.01. The van der Waals surface area contributed by atoms with Crippen LogP contribution in [0.5, 0.6) is 0 Å². The highest BCUT2D eigenvalue weighted by Crippen LogP contribution is 2.49. The zero-order valence-corrected chi connectivity index (χ0v) is 17.5. The smallest absolute Gasteiger partial charge is 0.258 e. The van der Waals surface area contributed by atoms with E-state index >= 15 is 0 Å². The molecule has 3 aliphatic rings. The largest absolute Gasteiger partial charge is 0.396 e. The van der Waals surface area contributed by atoms with Gasteiger partial charge in [-0.2, -0.15) is 0 Å². The monoisotopic (exact) mass is 421 g/mol. The lowest BCUT2D eigenvalue weighted by atomic mass is 9.87. The quantitative estimate of drug-likeness (QED) is 0.786. The van der Waals surface area contributed by atoms with Crippen molar-refractivity contribution >= 4 is 11.8 Å². The fourth-order valence-corrected chi connectivity index (χ4v) is 5.53. The second-order valence-electron chi connectivity index (χ2n) is 8.92. The number of benzene rings is 1. The predicted octanol–water partition coefficient (Wildman–Crippen LogP) is 1.69. The summed E-state index contributed by atoms with van der Waals surface area (Å²) < 4.78 is 1.72. The fourth-order valence-electron chi connectivity index (χ4n) is 5.53. The first-order chi connectivity index (χ1) is 15.0. The predicted molar refractivity (Wildman–Crippen MR) is 115 cm³/mol. The second-order valence-corrected chi connectivity index (χ2v) is 8.92. The number of nitrogens with one attached hydrogen (secondary N) is 1. The first-order valence-corrected chi connectivity index (χ1v) is 11.0. The molecule has 1 aliphatic carbocycles. The summed E-state index contributed by atoms with van der Waals surface area (Å²) in [6, 6.07) is 12.3. The Balaban J connectivity index is 1.54. The van der Waals surface area contributed by atoms with Crippen molar-refractivity contribution in [2.75, 3.05) is 6.61 Å². The third kappa shape index (κ3) is 3.10. The number of aliphatic hydroxyl groups excluding tert-OH is 1. The maximum Gasteiger partial charge on any atom is 0.258 e. The highest BCUT2D eigenvalue weighted by atomic mass is 16.3. The van der Waals surface area contributed by atoms with Crippen molar-refractivity contribution in [1.82, 2.24) is 14.8 Å². The van der Waals surface area contributed by atoms with E-state index in [-0.39, 0.29) is 42.0 Å². The van der Waals surface area contributed by atoms with E-state index in [2.05, 4.69) is 5.32 Å². The molecule has 31 heavy (non-hydrogen) atoms. The number of pyridine rings is 1. The van der Waals surface area contributed by atoms with Crippen LogP contribution in [0.15, 0.2) is 47.3 Å². The molecule has 3 heterocycles. The minimum atomic E-state index is -0.712. The molecule has 2 aromatic rings. The third-order valence-corrected chi connectivity index (χ3v) is 7.24. The molecular weight excluding hydrogens is 394 g/mol. The van der Waals surface area contributed by atoms with Crippen LogP contribution in [0.1, 0.15) is 37.9 Å². The van der Waals surface area contributed by atoms with Gasteiger partial charge in [-0.25, -0.2) is 0 Å². The van der Waals surface area contributed by atoms with E-state index in [4.69, 9.17) is 0 Å². The van der Waals surface area contributed by atoms with Crippen molar-refractivity contribution in [3.8, 4) is 11.1 Å². The highest BCUT2D eigenvalue weighted by molar-refractivity contribution is 5.88. The van der Waals surface area contributed by atoms with Crippen molar-refractivity contribution in [3.63, 3.8) is 0 Å². The van der Waals surface area contributed by atoms with Crippen molar-refractivity contribution < 1.29 is 14.7 Å². The van der Waals surface area contributed by atoms with Crippen LogP contribution in [0.4, 0.5) is 0 Å². The van der Waals surface area contributed by atoms with Crippen molar-refractivity contribution in [3.05, 3.63) is 58.5 Å². The molecule has 2 amide bonds. The van der Waals surface area contributed by atoms with Gasteiger partial charge in [-0.3, -0.25) is 14.4 Å². The van der Waals surface area contributed by atoms with Gasteiger partial charge >= 0.3 is 0 Å². The maximum absolute atomic E-state index is 13.3. The molecule has 2 aliphatic heterocycles. The number of nitrogens with zero attached hydrogens (tertiary/aromatic N) is 2. The number of carbonyl (C=O) groups excluding carboxylic acids is 2. The van der Waals surface area contributed by atoms with Gasteiger partial charge in [0.15, 0.2) is 0 Å². The van der Waals surface area contributed by atoms with Gasteiger partial charge in [-0.05, 0) is 37.0 Å². The molecule has 1 saturated carbocycles. The summed E-state index contributed by atoms with van der Waals surface area (Å²) >= 11 is 0. The molecule has 7 heteroatoms. The second kappa shape index (κ2) is 7.64. The van der Waals surface area contributed by atoms with Gasteiger partial charge in [0.1, 0.15) is 6.04 Å².